The number of aromatic nitrogens is 1. The van der Waals surface area contributed by atoms with Crippen molar-refractivity contribution < 1.29 is 10.0 Å². The average molecular weight is 367 g/mol. The van der Waals surface area contributed by atoms with Gasteiger partial charge in [-0.05, 0) is 27.7 Å². The van der Waals surface area contributed by atoms with E-state index in [1.807, 2.05) is 12.1 Å². The summed E-state index contributed by atoms with van der Waals surface area (Å²) in [6.45, 7) is 8.98. The first-order chi connectivity index (χ1) is 13.2. The van der Waals surface area contributed by atoms with Gasteiger partial charge in [0.25, 0.3) is 0 Å². The number of nitrogens with zero attached hydrogens (tertiary/aromatic N) is 1. The van der Waals surface area contributed by atoms with Crippen LogP contribution in [0.25, 0.3) is 27.5 Å². The van der Waals surface area contributed by atoms with Crippen molar-refractivity contribution in [1.29, 1.82) is 0 Å². The smallest absolute Gasteiger partial charge is 0.423 e. The fourth-order valence-corrected chi connectivity index (χ4v) is 5.64. The summed E-state index contributed by atoms with van der Waals surface area (Å²) in [6.07, 6.45) is 0. The third-order valence-corrected chi connectivity index (χ3v) is 7.16. The van der Waals surface area contributed by atoms with E-state index in [4.69, 9.17) is 0 Å². The summed E-state index contributed by atoms with van der Waals surface area (Å²) in [7, 11) is -1.48. The molecule has 0 saturated heterocycles. The van der Waals surface area contributed by atoms with Crippen molar-refractivity contribution >= 4 is 34.4 Å². The number of hydrogen-bond donors (Lipinski definition) is 2. The van der Waals surface area contributed by atoms with E-state index in [0.717, 1.165) is 11.1 Å². The predicted octanol–water partition coefficient (Wildman–Crippen LogP) is 3.74. The van der Waals surface area contributed by atoms with Crippen LogP contribution in [0.5, 0.6) is 0 Å². The van der Waals surface area contributed by atoms with Crippen molar-refractivity contribution in [2.45, 2.75) is 38.5 Å². The lowest BCUT2D eigenvalue weighted by Crippen LogP contribution is -2.39. The first-order valence-corrected chi connectivity index (χ1v) is 9.87. The maximum atomic E-state index is 10.0. The molecular formula is C24H22BNO2. The zero-order valence-corrected chi connectivity index (χ0v) is 16.5. The van der Waals surface area contributed by atoms with Crippen LogP contribution in [0.3, 0.4) is 0 Å². The molecule has 2 aliphatic rings. The monoisotopic (exact) mass is 367 g/mol. The van der Waals surface area contributed by atoms with Crippen molar-refractivity contribution in [2.75, 3.05) is 0 Å². The summed E-state index contributed by atoms with van der Waals surface area (Å²) < 4.78 is 2.43. The zero-order chi connectivity index (χ0) is 19.6. The highest BCUT2D eigenvalue weighted by Crippen LogP contribution is 2.54. The van der Waals surface area contributed by atoms with Gasteiger partial charge in [0, 0.05) is 21.6 Å². The van der Waals surface area contributed by atoms with Crippen molar-refractivity contribution in [1.82, 2.24) is 4.57 Å². The van der Waals surface area contributed by atoms with Gasteiger partial charge in [-0.25, -0.2) is 0 Å². The quantitative estimate of drug-likeness (QED) is 0.504. The van der Waals surface area contributed by atoms with Crippen molar-refractivity contribution in [3.63, 3.8) is 0 Å². The molecule has 28 heavy (non-hydrogen) atoms. The lowest BCUT2D eigenvalue weighted by Gasteiger charge is -2.42. The van der Waals surface area contributed by atoms with Crippen molar-refractivity contribution in [2.24, 2.45) is 0 Å². The van der Waals surface area contributed by atoms with Crippen LogP contribution in [-0.4, -0.2) is 21.7 Å². The molecule has 0 aliphatic carbocycles. The van der Waals surface area contributed by atoms with Crippen LogP contribution in [0, 0.1) is 0 Å². The molecule has 2 N–H and O–H groups in total. The van der Waals surface area contributed by atoms with Gasteiger partial charge in [-0.1, -0.05) is 76.2 Å². The third kappa shape index (κ3) is 1.62. The van der Waals surface area contributed by atoms with Gasteiger partial charge in [0.15, 0.2) is 0 Å². The van der Waals surface area contributed by atoms with Crippen molar-refractivity contribution in [3.05, 3.63) is 70.8 Å². The van der Waals surface area contributed by atoms with E-state index in [0.29, 0.717) is 5.46 Å². The van der Waals surface area contributed by atoms with Crippen LogP contribution in [0.15, 0.2) is 48.5 Å². The number of fused-ring (bicyclic) bond motifs is 1. The van der Waals surface area contributed by atoms with E-state index in [2.05, 4.69) is 68.7 Å². The second kappa shape index (κ2) is 4.70. The second-order valence-electron chi connectivity index (χ2n) is 9.33. The van der Waals surface area contributed by atoms with E-state index < -0.39 is 7.12 Å². The molecule has 3 aromatic carbocycles. The Morgan fingerprint density at radius 1 is 0.714 bits per heavy atom. The summed E-state index contributed by atoms with van der Waals surface area (Å²) in [6, 6.07) is 17.2. The summed E-state index contributed by atoms with van der Waals surface area (Å²) in [5.74, 6) is 0. The molecule has 0 saturated carbocycles. The van der Waals surface area contributed by atoms with Gasteiger partial charge < -0.3 is 14.6 Å². The van der Waals surface area contributed by atoms with Gasteiger partial charge in [0.05, 0.1) is 16.7 Å². The lowest BCUT2D eigenvalue weighted by atomic mass is 9.65. The number of benzene rings is 3. The Morgan fingerprint density at radius 3 is 1.61 bits per heavy atom. The summed E-state index contributed by atoms with van der Waals surface area (Å²) in [5.41, 5.74) is 8.79. The molecule has 0 radical (unpaired) electrons. The molecule has 3 heterocycles. The average Bonchev–Trinajstić information content (AvgIpc) is 3.00. The van der Waals surface area contributed by atoms with Crippen LogP contribution < -0.4 is 5.46 Å². The van der Waals surface area contributed by atoms with E-state index in [9.17, 15) is 10.0 Å². The minimum absolute atomic E-state index is 0.230. The van der Waals surface area contributed by atoms with Crippen LogP contribution in [0.4, 0.5) is 0 Å². The van der Waals surface area contributed by atoms with Crippen LogP contribution >= 0.6 is 0 Å². The minimum Gasteiger partial charge on any atom is -0.423 e. The SMILES string of the molecule is CC1(C)c2cc(B(O)O)cc3c2-n2c4c1cccc4c1cccc(c12)C3(C)C. The molecule has 4 heteroatoms. The highest BCUT2D eigenvalue weighted by atomic mass is 16.4. The highest BCUT2D eigenvalue weighted by Gasteiger charge is 2.43. The first-order valence-electron chi connectivity index (χ1n) is 9.87. The number of rotatable bonds is 1. The topological polar surface area (TPSA) is 45.4 Å². The first kappa shape index (κ1) is 16.4. The third-order valence-electron chi connectivity index (χ3n) is 7.16. The molecule has 2 aliphatic heterocycles. The molecule has 0 spiro atoms. The largest absolute Gasteiger partial charge is 0.488 e. The van der Waals surface area contributed by atoms with Gasteiger partial charge in [-0.3, -0.25) is 0 Å². The molecular weight excluding hydrogens is 345 g/mol. The predicted molar refractivity (Wildman–Crippen MR) is 115 cm³/mol. The Morgan fingerprint density at radius 2 is 1.18 bits per heavy atom. The van der Waals surface area contributed by atoms with E-state index in [-0.39, 0.29) is 10.8 Å². The fourth-order valence-electron chi connectivity index (χ4n) is 5.64. The van der Waals surface area contributed by atoms with E-state index in [1.54, 1.807) is 0 Å². The Balaban J connectivity index is 1.98. The van der Waals surface area contributed by atoms with Gasteiger partial charge >= 0.3 is 7.12 Å². The molecule has 3 nitrogen and oxygen atoms in total. The van der Waals surface area contributed by atoms with Gasteiger partial charge in [-0.2, -0.15) is 0 Å². The molecule has 0 amide bonds. The van der Waals surface area contributed by atoms with Gasteiger partial charge in [0.2, 0.25) is 0 Å². The van der Waals surface area contributed by atoms with Crippen LogP contribution in [-0.2, 0) is 10.8 Å². The lowest BCUT2D eigenvalue weighted by molar-refractivity contribution is 0.425. The number of hydrogen-bond acceptors (Lipinski definition) is 2. The Labute approximate surface area is 164 Å². The Bertz CT molecular complexity index is 1250. The summed E-state index contributed by atoms with van der Waals surface area (Å²) in [5, 5.41) is 22.6. The fraction of sp³-hybridized carbons (Fsp3) is 0.250. The molecule has 6 rings (SSSR count). The molecule has 0 bridgehead atoms. The molecule has 0 unspecified atom stereocenters. The highest BCUT2D eigenvalue weighted by molar-refractivity contribution is 6.58. The molecule has 138 valence electrons. The molecule has 0 atom stereocenters. The Kier molecular flexibility index (Phi) is 2.76. The Hall–Kier alpha value is -2.56. The van der Waals surface area contributed by atoms with Crippen LogP contribution in [0.1, 0.15) is 49.9 Å². The summed E-state index contributed by atoms with van der Waals surface area (Å²) in [4.78, 5) is 0. The van der Waals surface area contributed by atoms with E-state index in [1.165, 1.54) is 38.6 Å². The molecule has 4 aromatic rings. The van der Waals surface area contributed by atoms with Crippen molar-refractivity contribution in [3.8, 4) is 5.69 Å². The molecule has 1 aromatic heterocycles. The maximum absolute atomic E-state index is 10.0. The van der Waals surface area contributed by atoms with Gasteiger partial charge in [0.1, 0.15) is 0 Å². The zero-order valence-electron chi connectivity index (χ0n) is 16.5. The minimum atomic E-state index is -1.48. The number of para-hydroxylation sites is 2. The summed E-state index contributed by atoms with van der Waals surface area (Å²) >= 11 is 0. The van der Waals surface area contributed by atoms with E-state index >= 15 is 0 Å². The van der Waals surface area contributed by atoms with Gasteiger partial charge in [-0.15, -0.1) is 0 Å². The normalized spacial score (nSPS) is 17.5. The maximum Gasteiger partial charge on any atom is 0.488 e. The molecule has 0 fully saturated rings. The van der Waals surface area contributed by atoms with Crippen LogP contribution in [0.2, 0.25) is 0 Å². The second-order valence-corrected chi connectivity index (χ2v) is 9.33. The standard InChI is InChI=1S/C24H22BNO2/c1-23(2)16-9-5-7-14-15-8-6-10-17-21(15)26(20(14)16)22-18(23)11-13(25(27)28)12-19(22)24(17,3)4/h5-12,27-28H,1-4H3.